The number of rotatable bonds is 5. The van der Waals surface area contributed by atoms with Crippen LogP contribution in [0, 0.1) is 0 Å². The average Bonchev–Trinajstić information content (AvgIpc) is 2.78. The number of anilines is 1. The summed E-state index contributed by atoms with van der Waals surface area (Å²) in [7, 11) is -3.28. The Hall–Kier alpha value is -3.15. The normalized spacial score (nSPS) is 12.5. The second-order valence-corrected chi connectivity index (χ2v) is 10.6. The van der Waals surface area contributed by atoms with Crippen LogP contribution in [0.2, 0.25) is 5.02 Å². The summed E-state index contributed by atoms with van der Waals surface area (Å²) in [5.41, 5.74) is 3.58. The highest BCUT2D eigenvalue weighted by Gasteiger charge is 2.22. The van der Waals surface area contributed by atoms with E-state index in [0.717, 1.165) is 33.2 Å². The third-order valence-corrected chi connectivity index (χ3v) is 7.14. The quantitative estimate of drug-likeness (QED) is 0.322. The van der Waals surface area contributed by atoms with Gasteiger partial charge in [0.1, 0.15) is 0 Å². The molecule has 1 amide bonds. The molecular formula is C27H24ClNO3S. The minimum Gasteiger partial charge on any atom is -0.305 e. The number of benzene rings is 4. The van der Waals surface area contributed by atoms with Crippen LogP contribution in [-0.4, -0.2) is 20.6 Å². The van der Waals surface area contributed by atoms with Gasteiger partial charge in [-0.25, -0.2) is 8.42 Å². The van der Waals surface area contributed by atoms with E-state index < -0.39 is 9.84 Å². The van der Waals surface area contributed by atoms with Gasteiger partial charge in [0, 0.05) is 23.9 Å². The molecule has 33 heavy (non-hydrogen) atoms. The Kier molecular flexibility index (Phi) is 6.28. The number of carbonyl (C=O) groups is 1. The van der Waals surface area contributed by atoms with E-state index in [1.54, 1.807) is 36.1 Å². The van der Waals surface area contributed by atoms with Gasteiger partial charge in [-0.15, -0.1) is 0 Å². The number of halogens is 1. The Labute approximate surface area is 199 Å². The minimum atomic E-state index is -3.28. The van der Waals surface area contributed by atoms with Crippen LogP contribution in [0.3, 0.4) is 0 Å². The molecule has 1 unspecified atom stereocenters. The van der Waals surface area contributed by atoms with Gasteiger partial charge in [0.15, 0.2) is 9.84 Å². The van der Waals surface area contributed by atoms with Crippen molar-refractivity contribution in [2.45, 2.75) is 24.8 Å². The van der Waals surface area contributed by atoms with Crippen LogP contribution in [0.15, 0.2) is 89.8 Å². The van der Waals surface area contributed by atoms with E-state index in [4.69, 9.17) is 11.6 Å². The number of sulfone groups is 1. The van der Waals surface area contributed by atoms with E-state index in [9.17, 15) is 13.2 Å². The molecule has 0 aliphatic rings. The first-order valence-corrected chi connectivity index (χ1v) is 12.8. The molecule has 4 aromatic carbocycles. The largest absolute Gasteiger partial charge is 0.305 e. The molecule has 0 radical (unpaired) electrons. The molecule has 0 saturated carbocycles. The minimum absolute atomic E-state index is 0.0861. The zero-order chi connectivity index (χ0) is 23.8. The number of hydrogen-bond donors (Lipinski definition) is 0. The molecule has 0 N–H and O–H groups in total. The lowest BCUT2D eigenvalue weighted by Gasteiger charge is -2.29. The van der Waals surface area contributed by atoms with Crippen LogP contribution >= 0.6 is 11.6 Å². The monoisotopic (exact) mass is 477 g/mol. The third kappa shape index (κ3) is 4.80. The number of carbonyl (C=O) groups excluding carboxylic acids is 1. The zero-order valence-electron chi connectivity index (χ0n) is 18.6. The second-order valence-electron chi connectivity index (χ2n) is 8.13. The Bertz CT molecular complexity index is 1450. The van der Waals surface area contributed by atoms with Gasteiger partial charge in [0.25, 0.3) is 0 Å². The number of hydrogen-bond acceptors (Lipinski definition) is 3. The summed E-state index contributed by atoms with van der Waals surface area (Å²) >= 11 is 6.19. The molecule has 0 aliphatic heterocycles. The fourth-order valence-electron chi connectivity index (χ4n) is 4.15. The van der Waals surface area contributed by atoms with Crippen molar-refractivity contribution in [3.8, 4) is 11.1 Å². The molecule has 0 saturated heterocycles. The Balaban J connectivity index is 1.86. The summed E-state index contributed by atoms with van der Waals surface area (Å²) in [5.74, 6) is -0.0861. The van der Waals surface area contributed by atoms with E-state index >= 15 is 0 Å². The van der Waals surface area contributed by atoms with Crippen molar-refractivity contribution in [1.29, 1.82) is 0 Å². The van der Waals surface area contributed by atoms with Gasteiger partial charge in [-0.3, -0.25) is 4.79 Å². The van der Waals surface area contributed by atoms with Crippen LogP contribution in [-0.2, 0) is 14.6 Å². The smallest absolute Gasteiger partial charge is 0.224 e. The van der Waals surface area contributed by atoms with Crippen molar-refractivity contribution in [3.05, 3.63) is 95.5 Å². The molecule has 0 spiro atoms. The van der Waals surface area contributed by atoms with Gasteiger partial charge < -0.3 is 4.90 Å². The van der Waals surface area contributed by atoms with Gasteiger partial charge >= 0.3 is 0 Å². The predicted octanol–water partition coefficient (Wildman–Crippen LogP) is 6.68. The van der Waals surface area contributed by atoms with Crippen LogP contribution < -0.4 is 4.90 Å². The molecular weight excluding hydrogens is 454 g/mol. The maximum Gasteiger partial charge on any atom is 0.224 e. The first-order valence-electron chi connectivity index (χ1n) is 10.5. The summed E-state index contributed by atoms with van der Waals surface area (Å²) < 4.78 is 23.8. The van der Waals surface area contributed by atoms with Crippen LogP contribution in [0.4, 0.5) is 5.69 Å². The molecule has 4 rings (SSSR count). The molecule has 1 atom stereocenters. The average molecular weight is 478 g/mol. The van der Waals surface area contributed by atoms with Crippen molar-refractivity contribution < 1.29 is 13.2 Å². The van der Waals surface area contributed by atoms with Crippen molar-refractivity contribution in [3.63, 3.8) is 0 Å². The van der Waals surface area contributed by atoms with Crippen molar-refractivity contribution in [2.75, 3.05) is 11.2 Å². The first-order chi connectivity index (χ1) is 15.6. The molecule has 4 aromatic rings. The molecule has 0 aromatic heterocycles. The lowest BCUT2D eigenvalue weighted by Crippen LogP contribution is -2.31. The predicted molar refractivity (Wildman–Crippen MR) is 136 cm³/mol. The van der Waals surface area contributed by atoms with Gasteiger partial charge in [0.05, 0.1) is 10.9 Å². The number of fused-ring (bicyclic) bond motifs is 1. The number of amides is 1. The zero-order valence-corrected chi connectivity index (χ0v) is 20.2. The van der Waals surface area contributed by atoms with Crippen molar-refractivity contribution >= 4 is 43.8 Å². The van der Waals surface area contributed by atoms with Gasteiger partial charge in [-0.05, 0) is 76.9 Å². The van der Waals surface area contributed by atoms with E-state index in [1.807, 2.05) is 55.5 Å². The van der Waals surface area contributed by atoms with Gasteiger partial charge in [-0.2, -0.15) is 0 Å². The summed E-state index contributed by atoms with van der Waals surface area (Å²) in [6.45, 7) is 3.53. The highest BCUT2D eigenvalue weighted by atomic mass is 35.5. The van der Waals surface area contributed by atoms with E-state index in [1.165, 1.54) is 6.26 Å². The summed E-state index contributed by atoms with van der Waals surface area (Å²) in [5, 5.41) is 2.66. The van der Waals surface area contributed by atoms with Crippen LogP contribution in [0.25, 0.3) is 21.9 Å². The topological polar surface area (TPSA) is 54.5 Å². The Morgan fingerprint density at radius 1 is 0.909 bits per heavy atom. The Morgan fingerprint density at radius 3 is 2.24 bits per heavy atom. The third-order valence-electron chi connectivity index (χ3n) is 5.77. The Morgan fingerprint density at radius 2 is 1.61 bits per heavy atom. The molecule has 0 fully saturated rings. The molecule has 0 bridgehead atoms. The first kappa shape index (κ1) is 23.0. The summed E-state index contributed by atoms with van der Waals surface area (Å²) in [6, 6.07) is 26.1. The standard InChI is InChI=1S/C27H24ClNO3S/c1-18(29(19(2)30)24-9-6-8-23(28)17-24)22-15-21-7-4-5-10-26(21)27(16-22)20-11-13-25(14-12-20)33(3,31)32/h4-18H,1-3H3. The van der Waals surface area contributed by atoms with E-state index in [-0.39, 0.29) is 16.8 Å². The molecule has 6 heteroatoms. The SMILES string of the molecule is CC(=O)N(c1cccc(Cl)c1)C(C)c1cc(-c2ccc(S(C)(=O)=O)cc2)c2ccccc2c1. The van der Waals surface area contributed by atoms with Gasteiger partial charge in [-0.1, -0.05) is 54.1 Å². The van der Waals surface area contributed by atoms with Crippen molar-refractivity contribution in [1.82, 2.24) is 0 Å². The highest BCUT2D eigenvalue weighted by molar-refractivity contribution is 7.90. The van der Waals surface area contributed by atoms with Gasteiger partial charge in [0.2, 0.25) is 5.91 Å². The highest BCUT2D eigenvalue weighted by Crippen LogP contribution is 2.36. The maximum absolute atomic E-state index is 12.6. The van der Waals surface area contributed by atoms with E-state index in [0.29, 0.717) is 5.02 Å². The number of nitrogens with zero attached hydrogens (tertiary/aromatic N) is 1. The molecule has 0 aliphatic carbocycles. The van der Waals surface area contributed by atoms with Crippen LogP contribution in [0.1, 0.15) is 25.5 Å². The lowest BCUT2D eigenvalue weighted by atomic mass is 9.93. The molecule has 0 heterocycles. The molecule has 4 nitrogen and oxygen atoms in total. The second kappa shape index (κ2) is 9.00. The fraction of sp³-hybridized carbons (Fsp3) is 0.148. The summed E-state index contributed by atoms with van der Waals surface area (Å²) in [4.78, 5) is 14.7. The molecule has 168 valence electrons. The maximum atomic E-state index is 12.6. The fourth-order valence-corrected chi connectivity index (χ4v) is 4.96. The summed E-state index contributed by atoms with van der Waals surface area (Å²) in [6.07, 6.45) is 1.20. The van der Waals surface area contributed by atoms with Crippen molar-refractivity contribution in [2.24, 2.45) is 0 Å². The van der Waals surface area contributed by atoms with Crippen LogP contribution in [0.5, 0.6) is 0 Å². The lowest BCUT2D eigenvalue weighted by molar-refractivity contribution is -0.117. The van der Waals surface area contributed by atoms with E-state index in [2.05, 4.69) is 12.1 Å².